The maximum absolute atomic E-state index is 12.7. The van der Waals surface area contributed by atoms with E-state index in [4.69, 9.17) is 9.47 Å². The van der Waals surface area contributed by atoms with Gasteiger partial charge in [0.25, 0.3) is 11.1 Å². The van der Waals surface area contributed by atoms with E-state index in [0.717, 1.165) is 22.9 Å². The minimum Gasteiger partial charge on any atom is -0.490 e. The highest BCUT2D eigenvalue weighted by Gasteiger charge is 2.34. The molecule has 1 aliphatic rings. The third-order valence-electron chi connectivity index (χ3n) is 4.26. The fourth-order valence-corrected chi connectivity index (χ4v) is 3.75. The second-order valence-electron chi connectivity index (χ2n) is 6.31. The quantitative estimate of drug-likeness (QED) is 0.434. The summed E-state index contributed by atoms with van der Waals surface area (Å²) in [6.45, 7) is 6.76. The number of hydrogen-bond donors (Lipinski definition) is 0. The molecule has 0 aromatic heterocycles. The van der Waals surface area contributed by atoms with Gasteiger partial charge in [-0.15, -0.1) is 0 Å². The van der Waals surface area contributed by atoms with Gasteiger partial charge in [0.1, 0.15) is 6.61 Å². The van der Waals surface area contributed by atoms with E-state index in [0.29, 0.717) is 42.6 Å². The molecule has 3 rings (SSSR count). The molecule has 6 heteroatoms. The van der Waals surface area contributed by atoms with Crippen molar-refractivity contribution in [1.82, 2.24) is 4.90 Å². The summed E-state index contributed by atoms with van der Waals surface area (Å²) < 4.78 is 11.2. The Bertz CT molecular complexity index is 924. The summed E-state index contributed by atoms with van der Waals surface area (Å²) in [5.74, 6) is 0.937. The van der Waals surface area contributed by atoms with E-state index >= 15 is 0 Å². The number of nitrogens with zero attached hydrogens (tertiary/aromatic N) is 1. The SMILES string of the molecule is C=CCOc1ccc(/C=C2\SC(=O)N(CCc3ccccc3)C2=O)cc1OCC. The van der Waals surface area contributed by atoms with E-state index in [1.807, 2.05) is 43.3 Å². The summed E-state index contributed by atoms with van der Waals surface area (Å²) >= 11 is 0.962. The third kappa shape index (κ3) is 5.29. The van der Waals surface area contributed by atoms with E-state index < -0.39 is 0 Å². The number of carbonyl (C=O) groups excluding carboxylic acids is 2. The number of amides is 2. The average Bonchev–Trinajstić information content (AvgIpc) is 2.99. The first-order valence-corrected chi connectivity index (χ1v) is 10.2. The predicted molar refractivity (Wildman–Crippen MR) is 116 cm³/mol. The Labute approximate surface area is 175 Å². The van der Waals surface area contributed by atoms with Crippen molar-refractivity contribution in [3.63, 3.8) is 0 Å². The van der Waals surface area contributed by atoms with Crippen molar-refractivity contribution in [2.24, 2.45) is 0 Å². The Morgan fingerprint density at radius 3 is 2.59 bits per heavy atom. The lowest BCUT2D eigenvalue weighted by molar-refractivity contribution is -0.122. The highest BCUT2D eigenvalue weighted by molar-refractivity contribution is 8.18. The Hall–Kier alpha value is -2.99. The Balaban J connectivity index is 1.74. The van der Waals surface area contributed by atoms with Crippen LogP contribution in [-0.2, 0) is 11.2 Å². The van der Waals surface area contributed by atoms with Gasteiger partial charge in [0, 0.05) is 6.54 Å². The van der Waals surface area contributed by atoms with Crippen molar-refractivity contribution in [3.8, 4) is 11.5 Å². The van der Waals surface area contributed by atoms with E-state index in [1.165, 1.54) is 4.90 Å². The molecule has 0 aliphatic carbocycles. The molecule has 0 unspecified atom stereocenters. The van der Waals surface area contributed by atoms with E-state index in [2.05, 4.69) is 6.58 Å². The topological polar surface area (TPSA) is 55.8 Å². The minimum absolute atomic E-state index is 0.242. The lowest BCUT2D eigenvalue weighted by Crippen LogP contribution is -2.30. The van der Waals surface area contributed by atoms with E-state index in [1.54, 1.807) is 24.3 Å². The first-order chi connectivity index (χ1) is 14.1. The molecule has 0 N–H and O–H groups in total. The first-order valence-electron chi connectivity index (χ1n) is 9.42. The van der Waals surface area contributed by atoms with Crippen LogP contribution in [0.5, 0.6) is 11.5 Å². The highest BCUT2D eigenvalue weighted by atomic mass is 32.2. The van der Waals surface area contributed by atoms with Crippen molar-refractivity contribution < 1.29 is 19.1 Å². The molecule has 0 atom stereocenters. The van der Waals surface area contributed by atoms with Crippen LogP contribution >= 0.6 is 11.8 Å². The van der Waals surface area contributed by atoms with Crippen LogP contribution in [0.4, 0.5) is 4.79 Å². The molecular formula is C23H23NO4S. The molecule has 1 aliphatic heterocycles. The molecule has 29 heavy (non-hydrogen) atoms. The van der Waals surface area contributed by atoms with Gasteiger partial charge in [-0.05, 0) is 54.4 Å². The normalized spacial score (nSPS) is 15.1. The number of rotatable bonds is 9. The van der Waals surface area contributed by atoms with Gasteiger partial charge in [-0.25, -0.2) is 0 Å². The van der Waals surface area contributed by atoms with Gasteiger partial charge in [-0.2, -0.15) is 0 Å². The second-order valence-corrected chi connectivity index (χ2v) is 7.30. The summed E-state index contributed by atoms with van der Waals surface area (Å²) in [5.41, 5.74) is 1.86. The summed E-state index contributed by atoms with van der Waals surface area (Å²) in [6, 6.07) is 15.2. The number of benzene rings is 2. The molecule has 1 saturated heterocycles. The largest absolute Gasteiger partial charge is 0.490 e. The second kappa shape index (κ2) is 9.98. The van der Waals surface area contributed by atoms with Crippen molar-refractivity contribution in [2.45, 2.75) is 13.3 Å². The smallest absolute Gasteiger partial charge is 0.293 e. The van der Waals surface area contributed by atoms with E-state index in [-0.39, 0.29) is 11.1 Å². The van der Waals surface area contributed by atoms with Crippen LogP contribution in [-0.4, -0.2) is 35.8 Å². The summed E-state index contributed by atoms with van der Waals surface area (Å²) in [4.78, 5) is 26.7. The Morgan fingerprint density at radius 1 is 1.07 bits per heavy atom. The van der Waals surface area contributed by atoms with Gasteiger partial charge in [-0.1, -0.05) is 49.1 Å². The fourth-order valence-electron chi connectivity index (χ4n) is 2.88. The van der Waals surface area contributed by atoms with Crippen molar-refractivity contribution in [3.05, 3.63) is 77.2 Å². The summed E-state index contributed by atoms with van der Waals surface area (Å²) in [5, 5.41) is -0.242. The molecule has 2 aromatic carbocycles. The molecule has 1 fully saturated rings. The molecule has 1 heterocycles. The van der Waals surface area contributed by atoms with E-state index in [9.17, 15) is 9.59 Å². The van der Waals surface area contributed by atoms with Crippen LogP contribution in [0, 0.1) is 0 Å². The summed E-state index contributed by atoms with van der Waals surface area (Å²) in [7, 11) is 0. The molecule has 2 aromatic rings. The lowest BCUT2D eigenvalue weighted by Gasteiger charge is -2.12. The maximum atomic E-state index is 12.7. The standard InChI is InChI=1S/C23H23NO4S/c1-3-14-28-19-11-10-18(15-20(19)27-4-2)16-21-22(25)24(23(26)29-21)13-12-17-8-6-5-7-9-17/h3,5-11,15-16H,1,4,12-14H2,2H3/b21-16-. The predicted octanol–water partition coefficient (Wildman–Crippen LogP) is 4.93. The third-order valence-corrected chi connectivity index (χ3v) is 5.17. The maximum Gasteiger partial charge on any atom is 0.293 e. The molecule has 0 saturated carbocycles. The number of hydrogen-bond acceptors (Lipinski definition) is 5. The zero-order chi connectivity index (χ0) is 20.6. The Kier molecular flexibility index (Phi) is 7.14. The summed E-state index contributed by atoms with van der Waals surface area (Å²) in [6.07, 6.45) is 4.01. The first kappa shape index (κ1) is 20.7. The van der Waals surface area contributed by atoms with Crippen LogP contribution in [0.25, 0.3) is 6.08 Å². The number of thioether (sulfide) groups is 1. The number of imide groups is 1. The van der Waals surface area contributed by atoms with Crippen LogP contribution in [0.15, 0.2) is 66.1 Å². The number of ether oxygens (including phenoxy) is 2. The van der Waals surface area contributed by atoms with Crippen LogP contribution in [0.3, 0.4) is 0 Å². The molecule has 0 bridgehead atoms. The molecule has 0 radical (unpaired) electrons. The fraction of sp³-hybridized carbons (Fsp3) is 0.217. The van der Waals surface area contributed by atoms with Crippen LogP contribution in [0.2, 0.25) is 0 Å². The molecule has 150 valence electrons. The van der Waals surface area contributed by atoms with Crippen LogP contribution < -0.4 is 9.47 Å². The minimum atomic E-state index is -0.263. The van der Waals surface area contributed by atoms with Gasteiger partial charge < -0.3 is 9.47 Å². The molecule has 2 amide bonds. The molecule has 5 nitrogen and oxygen atoms in total. The molecular weight excluding hydrogens is 386 g/mol. The van der Waals surface area contributed by atoms with Crippen LogP contribution in [0.1, 0.15) is 18.1 Å². The Morgan fingerprint density at radius 2 is 1.86 bits per heavy atom. The number of carbonyl (C=O) groups is 2. The molecule has 0 spiro atoms. The van der Waals surface area contributed by atoms with Gasteiger partial charge in [0.15, 0.2) is 11.5 Å². The van der Waals surface area contributed by atoms with Crippen molar-refractivity contribution in [1.29, 1.82) is 0 Å². The van der Waals surface area contributed by atoms with Gasteiger partial charge in [0.2, 0.25) is 0 Å². The van der Waals surface area contributed by atoms with Gasteiger partial charge in [0.05, 0.1) is 11.5 Å². The van der Waals surface area contributed by atoms with Crippen molar-refractivity contribution in [2.75, 3.05) is 19.8 Å². The van der Waals surface area contributed by atoms with Crippen molar-refractivity contribution >= 4 is 29.0 Å². The zero-order valence-electron chi connectivity index (χ0n) is 16.3. The zero-order valence-corrected chi connectivity index (χ0v) is 17.1. The average molecular weight is 410 g/mol. The monoisotopic (exact) mass is 409 g/mol. The highest BCUT2D eigenvalue weighted by Crippen LogP contribution is 2.34. The van der Waals surface area contributed by atoms with Gasteiger partial charge in [-0.3, -0.25) is 14.5 Å². The van der Waals surface area contributed by atoms with Gasteiger partial charge >= 0.3 is 0 Å². The lowest BCUT2D eigenvalue weighted by atomic mass is 10.1.